The number of aromatic nitrogens is 1. The number of nitrogens with zero attached hydrogens (tertiary/aromatic N) is 2. The molecule has 176 valence electrons. The van der Waals surface area contributed by atoms with Gasteiger partial charge in [0.25, 0.3) is 5.91 Å². The number of fused-ring (bicyclic) bond motifs is 1. The molecule has 1 saturated carbocycles. The highest BCUT2D eigenvalue weighted by Gasteiger charge is 2.62. The lowest BCUT2D eigenvalue weighted by atomic mass is 10.0. The molecule has 3 atom stereocenters. The van der Waals surface area contributed by atoms with E-state index < -0.39 is 0 Å². The Morgan fingerprint density at radius 1 is 1.30 bits per heavy atom. The van der Waals surface area contributed by atoms with Crippen molar-refractivity contribution < 1.29 is 4.79 Å². The van der Waals surface area contributed by atoms with Crippen LogP contribution in [0.4, 0.5) is 0 Å². The van der Waals surface area contributed by atoms with Crippen LogP contribution in [0.25, 0.3) is 6.08 Å². The molecule has 1 aromatic heterocycles. The molecule has 0 spiro atoms. The Hall–Kier alpha value is -2.92. The van der Waals surface area contributed by atoms with E-state index in [1.807, 2.05) is 37.1 Å². The van der Waals surface area contributed by atoms with Gasteiger partial charge in [0.15, 0.2) is 0 Å². The summed E-state index contributed by atoms with van der Waals surface area (Å²) in [6, 6.07) is 4.59. The molecule has 2 fully saturated rings. The molecule has 3 N–H and O–H groups in total. The van der Waals surface area contributed by atoms with Crippen LogP contribution < -0.4 is 11.1 Å². The molecule has 2 heterocycles. The lowest BCUT2D eigenvalue weighted by Crippen LogP contribution is -2.44. The zero-order chi connectivity index (χ0) is 24.3. The number of pyridine rings is 1. The first-order valence-corrected chi connectivity index (χ1v) is 11.9. The molecule has 5 nitrogen and oxygen atoms in total. The van der Waals surface area contributed by atoms with Crippen LogP contribution in [0.1, 0.15) is 58.0 Å². The van der Waals surface area contributed by atoms with Gasteiger partial charge in [-0.05, 0) is 81.5 Å². The van der Waals surface area contributed by atoms with Crippen molar-refractivity contribution in [1.82, 2.24) is 15.2 Å². The first kappa shape index (κ1) is 24.7. The van der Waals surface area contributed by atoms with E-state index in [-0.39, 0.29) is 18.0 Å². The van der Waals surface area contributed by atoms with E-state index in [9.17, 15) is 4.79 Å². The van der Waals surface area contributed by atoms with Gasteiger partial charge in [-0.1, -0.05) is 32.1 Å². The minimum Gasteiger partial charge on any atom is -0.365 e. The van der Waals surface area contributed by atoms with E-state index in [1.54, 1.807) is 0 Å². The molecule has 3 unspecified atom stereocenters. The Bertz CT molecular complexity index is 1060. The summed E-state index contributed by atoms with van der Waals surface area (Å²) in [5.74, 6) is 0.524. The van der Waals surface area contributed by atoms with Crippen LogP contribution in [0.5, 0.6) is 0 Å². The minimum atomic E-state index is 0.0322. The van der Waals surface area contributed by atoms with Gasteiger partial charge >= 0.3 is 0 Å². The zero-order valence-electron chi connectivity index (χ0n) is 20.9. The van der Waals surface area contributed by atoms with Crippen LogP contribution in [-0.4, -0.2) is 34.4 Å². The fourth-order valence-corrected chi connectivity index (χ4v) is 4.12. The van der Waals surface area contributed by atoms with Crippen LogP contribution in [-0.2, 0) is 11.2 Å². The number of nitrogens with two attached hydrogens (primary N) is 1. The molecule has 0 bridgehead atoms. The summed E-state index contributed by atoms with van der Waals surface area (Å²) in [5.41, 5.74) is 14.2. The lowest BCUT2D eigenvalue weighted by Gasteiger charge is -2.30. The average Bonchev–Trinajstić information content (AvgIpc) is 3.30. The highest BCUT2D eigenvalue weighted by Crippen LogP contribution is 2.45. The summed E-state index contributed by atoms with van der Waals surface area (Å²) in [5, 5.41) is 3.34. The highest BCUT2D eigenvalue weighted by molar-refractivity contribution is 5.98. The predicted molar refractivity (Wildman–Crippen MR) is 137 cm³/mol. The summed E-state index contributed by atoms with van der Waals surface area (Å²) in [6.45, 7) is 17.3. The standard InChI is InChI=1S/C28H38N4O/c1-8-17(3)14-23(28(33)32-16-25-26(29)27(25)32)12-13-30-20(6)19(5)18(4)15-22-10-11-24(9-2)31-21(22)7/h10-15,25-27,30H,3,8-9,16,29H2,1-2,4-7H3/b13-12-,18-15+,20-19+,23-14+. The number of allylic oxidation sites excluding steroid dienone is 5. The fraction of sp³-hybridized carbons (Fsp3) is 0.429. The van der Waals surface area contributed by atoms with Gasteiger partial charge in [0.05, 0.1) is 6.04 Å². The second-order valence-electron chi connectivity index (χ2n) is 9.19. The van der Waals surface area contributed by atoms with Crippen LogP contribution in [0.15, 0.2) is 65.1 Å². The minimum absolute atomic E-state index is 0.0322. The Labute approximate surface area is 198 Å². The van der Waals surface area contributed by atoms with E-state index in [2.05, 4.69) is 62.8 Å². The van der Waals surface area contributed by atoms with Crippen molar-refractivity contribution in [2.75, 3.05) is 6.54 Å². The van der Waals surface area contributed by atoms with Gasteiger partial charge in [-0.25, -0.2) is 0 Å². The molecular weight excluding hydrogens is 408 g/mol. The molecule has 0 radical (unpaired) electrons. The van der Waals surface area contributed by atoms with E-state index in [1.165, 1.54) is 5.57 Å². The van der Waals surface area contributed by atoms with Crippen molar-refractivity contribution in [3.63, 3.8) is 0 Å². The number of amides is 1. The normalized spacial score (nSPS) is 23.1. The number of aryl methyl sites for hydroxylation is 2. The number of rotatable bonds is 9. The molecule has 2 aliphatic rings. The van der Waals surface area contributed by atoms with Crippen molar-refractivity contribution in [3.05, 3.63) is 82.0 Å². The summed E-state index contributed by atoms with van der Waals surface area (Å²) in [4.78, 5) is 19.6. The quantitative estimate of drug-likeness (QED) is 0.422. The Morgan fingerprint density at radius 2 is 2.03 bits per heavy atom. The molecule has 5 heteroatoms. The first-order chi connectivity index (χ1) is 15.7. The van der Waals surface area contributed by atoms with Gasteiger partial charge < -0.3 is 16.0 Å². The van der Waals surface area contributed by atoms with E-state index in [4.69, 9.17) is 5.73 Å². The van der Waals surface area contributed by atoms with E-state index >= 15 is 0 Å². The SMILES string of the molecule is C=C(/C=C(\C=C/N/C(C)=C(C)/C(C)=C/c1ccc(CC)nc1C)C(=O)N1CC2C(N)C21)CC. The van der Waals surface area contributed by atoms with Crippen LogP contribution >= 0.6 is 0 Å². The monoisotopic (exact) mass is 446 g/mol. The van der Waals surface area contributed by atoms with E-state index in [0.717, 1.165) is 53.2 Å². The van der Waals surface area contributed by atoms with Gasteiger partial charge in [0.2, 0.25) is 0 Å². The lowest BCUT2D eigenvalue weighted by molar-refractivity contribution is -0.130. The highest BCUT2D eigenvalue weighted by atomic mass is 16.2. The summed E-state index contributed by atoms with van der Waals surface area (Å²) < 4.78 is 0. The van der Waals surface area contributed by atoms with Crippen molar-refractivity contribution in [3.8, 4) is 0 Å². The van der Waals surface area contributed by atoms with Gasteiger partial charge in [-0.3, -0.25) is 9.78 Å². The Balaban J connectivity index is 1.72. The average molecular weight is 447 g/mol. The fourth-order valence-electron chi connectivity index (χ4n) is 4.12. The third-order valence-electron chi connectivity index (χ3n) is 6.91. The Morgan fingerprint density at radius 3 is 2.58 bits per heavy atom. The van der Waals surface area contributed by atoms with Gasteiger partial charge in [0, 0.05) is 47.4 Å². The summed E-state index contributed by atoms with van der Waals surface area (Å²) in [7, 11) is 0. The van der Waals surface area contributed by atoms with Crippen molar-refractivity contribution in [1.29, 1.82) is 0 Å². The molecule has 3 rings (SSSR count). The van der Waals surface area contributed by atoms with Gasteiger partial charge in [-0.15, -0.1) is 0 Å². The first-order valence-electron chi connectivity index (χ1n) is 11.9. The topological polar surface area (TPSA) is 71.2 Å². The predicted octanol–water partition coefficient (Wildman–Crippen LogP) is 4.81. The van der Waals surface area contributed by atoms with E-state index in [0.29, 0.717) is 11.5 Å². The molecule has 1 amide bonds. The van der Waals surface area contributed by atoms with Gasteiger partial charge in [-0.2, -0.15) is 0 Å². The van der Waals surface area contributed by atoms with Crippen LogP contribution in [0.3, 0.4) is 0 Å². The third kappa shape index (κ3) is 5.53. The zero-order valence-corrected chi connectivity index (χ0v) is 20.9. The molecular formula is C28H38N4O. The Kier molecular flexibility index (Phi) is 7.75. The third-order valence-corrected chi connectivity index (χ3v) is 6.91. The molecule has 1 aromatic rings. The van der Waals surface area contributed by atoms with Crippen LogP contribution in [0, 0.1) is 12.8 Å². The molecule has 1 aliphatic carbocycles. The maximum absolute atomic E-state index is 13.0. The van der Waals surface area contributed by atoms with Crippen molar-refractivity contribution in [2.45, 2.75) is 66.5 Å². The van der Waals surface area contributed by atoms with Crippen LogP contribution in [0.2, 0.25) is 0 Å². The molecule has 0 aromatic carbocycles. The summed E-state index contributed by atoms with van der Waals surface area (Å²) >= 11 is 0. The second kappa shape index (κ2) is 10.3. The van der Waals surface area contributed by atoms with Crippen molar-refractivity contribution in [2.24, 2.45) is 11.7 Å². The number of nitrogens with one attached hydrogen (secondary N) is 1. The maximum Gasteiger partial charge on any atom is 0.254 e. The number of hydrogen-bond acceptors (Lipinski definition) is 4. The van der Waals surface area contributed by atoms with Crippen molar-refractivity contribution >= 4 is 12.0 Å². The van der Waals surface area contributed by atoms with Gasteiger partial charge in [0.1, 0.15) is 0 Å². The second-order valence-corrected chi connectivity index (χ2v) is 9.19. The number of carbonyl (C=O) groups is 1. The number of likely N-dealkylation sites (tertiary alicyclic amines) is 1. The number of carbonyl (C=O) groups excluding carboxylic acids is 1. The largest absolute Gasteiger partial charge is 0.365 e. The molecule has 1 saturated heterocycles. The smallest absolute Gasteiger partial charge is 0.254 e. The summed E-state index contributed by atoms with van der Waals surface area (Å²) in [6.07, 6.45) is 9.48. The molecule has 33 heavy (non-hydrogen) atoms. The maximum atomic E-state index is 13.0. The molecule has 1 aliphatic heterocycles. The number of hydrogen-bond donors (Lipinski definition) is 2.